The van der Waals surface area contributed by atoms with Crippen LogP contribution in [0.15, 0.2) is 23.0 Å². The lowest BCUT2D eigenvalue weighted by Crippen LogP contribution is -2.36. The van der Waals surface area contributed by atoms with Gasteiger partial charge in [0.05, 0.1) is 12.1 Å². The quantitative estimate of drug-likeness (QED) is 0.793. The van der Waals surface area contributed by atoms with E-state index in [1.54, 1.807) is 6.07 Å². The summed E-state index contributed by atoms with van der Waals surface area (Å²) in [5.41, 5.74) is 2.77. The molecular weight excluding hydrogens is 280 g/mol. The summed E-state index contributed by atoms with van der Waals surface area (Å²) in [6.07, 6.45) is 0.555. The molecule has 3 N–H and O–H groups in total. The van der Waals surface area contributed by atoms with Gasteiger partial charge in [-0.3, -0.25) is 9.69 Å². The van der Waals surface area contributed by atoms with E-state index < -0.39 is 5.60 Å². The van der Waals surface area contributed by atoms with Gasteiger partial charge in [-0.15, -0.1) is 0 Å². The summed E-state index contributed by atoms with van der Waals surface area (Å²) in [4.78, 5) is 17.8. The van der Waals surface area contributed by atoms with E-state index in [1.807, 2.05) is 26.0 Å². The fraction of sp³-hybridized carbons (Fsp3) is 0.471. The number of aliphatic hydroxyl groups excluding tert-OH is 1. The fourth-order valence-corrected chi connectivity index (χ4v) is 3.25. The molecule has 1 aliphatic rings. The molecule has 3 rings (SSSR count). The van der Waals surface area contributed by atoms with E-state index in [4.69, 9.17) is 0 Å². The van der Waals surface area contributed by atoms with Crippen molar-refractivity contribution in [2.75, 3.05) is 19.7 Å². The Bertz CT molecular complexity index is 768. The van der Waals surface area contributed by atoms with Crippen molar-refractivity contribution in [2.24, 2.45) is 0 Å². The number of aliphatic hydroxyl groups is 2. The van der Waals surface area contributed by atoms with Crippen LogP contribution in [0, 0.1) is 13.8 Å². The topological polar surface area (TPSA) is 76.6 Å². The molecule has 0 radical (unpaired) electrons. The van der Waals surface area contributed by atoms with Gasteiger partial charge in [0.2, 0.25) is 0 Å². The zero-order chi connectivity index (χ0) is 15.9. The summed E-state index contributed by atoms with van der Waals surface area (Å²) < 4.78 is 0. The Morgan fingerprint density at radius 1 is 1.32 bits per heavy atom. The van der Waals surface area contributed by atoms with Gasteiger partial charge in [-0.1, -0.05) is 12.1 Å². The van der Waals surface area contributed by atoms with Crippen LogP contribution in [0.2, 0.25) is 0 Å². The smallest absolute Gasteiger partial charge is 0.189 e. The fourth-order valence-electron chi connectivity index (χ4n) is 3.25. The van der Waals surface area contributed by atoms with E-state index in [1.165, 1.54) is 0 Å². The number of fused-ring (bicyclic) bond motifs is 1. The number of aromatic amines is 1. The Balaban J connectivity index is 1.93. The van der Waals surface area contributed by atoms with Gasteiger partial charge in [-0.05, 0) is 31.4 Å². The molecule has 0 bridgehead atoms. The average Bonchev–Trinajstić information content (AvgIpc) is 2.85. The van der Waals surface area contributed by atoms with Gasteiger partial charge < -0.3 is 15.2 Å². The highest BCUT2D eigenvalue weighted by atomic mass is 16.3. The predicted octanol–water partition coefficient (Wildman–Crippen LogP) is 1.07. The van der Waals surface area contributed by atoms with Crippen LogP contribution >= 0.6 is 0 Å². The second-order valence-electron chi connectivity index (χ2n) is 6.45. The molecule has 0 saturated carbocycles. The number of aromatic nitrogens is 1. The third-order valence-corrected chi connectivity index (χ3v) is 4.56. The molecule has 118 valence electrons. The molecule has 5 nitrogen and oxygen atoms in total. The average molecular weight is 302 g/mol. The van der Waals surface area contributed by atoms with Crippen LogP contribution in [0.4, 0.5) is 0 Å². The summed E-state index contributed by atoms with van der Waals surface area (Å²) >= 11 is 0. The van der Waals surface area contributed by atoms with Crippen LogP contribution in [0.1, 0.15) is 23.2 Å². The number of nitrogens with zero attached hydrogens (tertiary/aromatic N) is 1. The van der Waals surface area contributed by atoms with E-state index in [9.17, 15) is 15.0 Å². The Morgan fingerprint density at radius 2 is 2.05 bits per heavy atom. The number of pyridine rings is 1. The second-order valence-corrected chi connectivity index (χ2v) is 6.45. The number of nitrogens with one attached hydrogen (secondary N) is 1. The molecule has 1 saturated heterocycles. The van der Waals surface area contributed by atoms with Crippen molar-refractivity contribution in [3.63, 3.8) is 0 Å². The number of β-amino-alcohol motifs (C(OH)–C–C–N with tert-alkyl or cyclic N) is 1. The number of hydrogen-bond acceptors (Lipinski definition) is 4. The number of rotatable bonds is 3. The van der Waals surface area contributed by atoms with E-state index in [0.29, 0.717) is 26.1 Å². The summed E-state index contributed by atoms with van der Waals surface area (Å²) in [5, 5.41) is 20.1. The first kappa shape index (κ1) is 15.2. The molecule has 0 amide bonds. The molecule has 1 atom stereocenters. The third kappa shape index (κ3) is 2.67. The zero-order valence-corrected chi connectivity index (χ0v) is 13.0. The standard InChI is InChI=1S/C17H22N2O3/c1-11-3-4-12(2)16-15(11)14(21)7-13(18-16)8-19-6-5-17(22,9-19)10-20/h3-4,7,20,22H,5-6,8-10H2,1-2H3,(H,18,21)/t17-/m1/s1. The van der Waals surface area contributed by atoms with E-state index in [2.05, 4.69) is 9.88 Å². The maximum atomic E-state index is 12.4. The van der Waals surface area contributed by atoms with Gasteiger partial charge in [0.1, 0.15) is 5.60 Å². The Hall–Kier alpha value is -1.69. The lowest BCUT2D eigenvalue weighted by atomic mass is 10.0. The van der Waals surface area contributed by atoms with Gasteiger partial charge in [0, 0.05) is 36.8 Å². The first-order valence-corrected chi connectivity index (χ1v) is 7.59. The van der Waals surface area contributed by atoms with Crippen LogP contribution in [0.25, 0.3) is 10.9 Å². The molecule has 2 aromatic rings. The van der Waals surface area contributed by atoms with Crippen molar-refractivity contribution >= 4 is 10.9 Å². The highest BCUT2D eigenvalue weighted by Gasteiger charge is 2.35. The third-order valence-electron chi connectivity index (χ3n) is 4.56. The normalized spacial score (nSPS) is 22.5. The van der Waals surface area contributed by atoms with Crippen molar-refractivity contribution in [2.45, 2.75) is 32.4 Å². The van der Waals surface area contributed by atoms with Gasteiger partial charge in [0.15, 0.2) is 5.43 Å². The highest BCUT2D eigenvalue weighted by molar-refractivity contribution is 5.84. The Labute approximate surface area is 129 Å². The number of benzene rings is 1. The lowest BCUT2D eigenvalue weighted by Gasteiger charge is -2.21. The molecule has 2 heterocycles. The molecule has 22 heavy (non-hydrogen) atoms. The van der Waals surface area contributed by atoms with E-state index in [-0.39, 0.29) is 12.0 Å². The van der Waals surface area contributed by atoms with Crippen LogP contribution in [0.5, 0.6) is 0 Å². The van der Waals surface area contributed by atoms with Gasteiger partial charge in [-0.2, -0.15) is 0 Å². The maximum Gasteiger partial charge on any atom is 0.189 e. The molecule has 1 aromatic carbocycles. The summed E-state index contributed by atoms with van der Waals surface area (Å²) in [6, 6.07) is 5.62. The molecule has 5 heteroatoms. The van der Waals surface area contributed by atoms with Gasteiger partial charge in [-0.25, -0.2) is 0 Å². The maximum absolute atomic E-state index is 12.4. The van der Waals surface area contributed by atoms with Gasteiger partial charge >= 0.3 is 0 Å². The largest absolute Gasteiger partial charge is 0.393 e. The van der Waals surface area contributed by atoms with Crippen molar-refractivity contribution < 1.29 is 10.2 Å². The Morgan fingerprint density at radius 3 is 2.73 bits per heavy atom. The number of H-pyrrole nitrogens is 1. The van der Waals surface area contributed by atoms with E-state index in [0.717, 1.165) is 27.7 Å². The van der Waals surface area contributed by atoms with Gasteiger partial charge in [0.25, 0.3) is 0 Å². The van der Waals surface area contributed by atoms with Crippen molar-refractivity contribution in [1.29, 1.82) is 0 Å². The minimum Gasteiger partial charge on any atom is -0.393 e. The molecule has 0 aliphatic carbocycles. The number of hydrogen-bond donors (Lipinski definition) is 3. The first-order chi connectivity index (χ1) is 10.4. The zero-order valence-electron chi connectivity index (χ0n) is 13.0. The first-order valence-electron chi connectivity index (χ1n) is 7.59. The van der Waals surface area contributed by atoms with Crippen LogP contribution in [-0.4, -0.2) is 45.4 Å². The molecule has 1 aromatic heterocycles. The predicted molar refractivity (Wildman–Crippen MR) is 86.0 cm³/mol. The summed E-state index contributed by atoms with van der Waals surface area (Å²) in [6.45, 7) is 5.41. The highest BCUT2D eigenvalue weighted by Crippen LogP contribution is 2.23. The lowest BCUT2D eigenvalue weighted by molar-refractivity contribution is -0.00587. The SMILES string of the molecule is Cc1ccc(C)c2c(=O)cc(CN3CC[C@](O)(CO)C3)[nH]c12. The number of aryl methyl sites for hydroxylation is 2. The molecule has 1 fully saturated rings. The minimum atomic E-state index is -1.01. The van der Waals surface area contributed by atoms with Crippen molar-refractivity contribution in [1.82, 2.24) is 9.88 Å². The molecule has 0 spiro atoms. The second kappa shape index (κ2) is 5.50. The molecule has 0 unspecified atom stereocenters. The van der Waals surface area contributed by atoms with E-state index >= 15 is 0 Å². The molecule has 1 aliphatic heterocycles. The van der Waals surface area contributed by atoms with Crippen LogP contribution in [0.3, 0.4) is 0 Å². The summed E-state index contributed by atoms with van der Waals surface area (Å²) in [5.74, 6) is 0. The molecular formula is C17H22N2O3. The Kier molecular flexibility index (Phi) is 3.80. The van der Waals surface area contributed by atoms with Crippen LogP contribution < -0.4 is 5.43 Å². The van der Waals surface area contributed by atoms with Crippen LogP contribution in [-0.2, 0) is 6.54 Å². The minimum absolute atomic E-state index is 0.0292. The van der Waals surface area contributed by atoms with Crippen molar-refractivity contribution in [3.05, 3.63) is 45.2 Å². The summed E-state index contributed by atoms with van der Waals surface area (Å²) in [7, 11) is 0. The number of likely N-dealkylation sites (tertiary alicyclic amines) is 1. The van der Waals surface area contributed by atoms with Crippen molar-refractivity contribution in [3.8, 4) is 0 Å². The monoisotopic (exact) mass is 302 g/mol.